The lowest BCUT2D eigenvalue weighted by Gasteiger charge is -2.21. The van der Waals surface area contributed by atoms with Gasteiger partial charge in [-0.25, -0.2) is 0 Å². The third kappa shape index (κ3) is 2.02. The third-order valence-electron chi connectivity index (χ3n) is 3.63. The highest BCUT2D eigenvalue weighted by Crippen LogP contribution is 2.28. The number of hydrogen-bond donors (Lipinski definition) is 1. The lowest BCUT2D eigenvalue weighted by molar-refractivity contribution is -0.122. The molecule has 1 atom stereocenters. The first-order valence-corrected chi connectivity index (χ1v) is 7.12. The van der Waals surface area contributed by atoms with Crippen LogP contribution in [-0.4, -0.2) is 23.4 Å². The molecule has 0 bridgehead atoms. The van der Waals surface area contributed by atoms with Crippen molar-refractivity contribution in [2.75, 3.05) is 6.54 Å². The SMILES string of the molecule is NC(=O)C1CCCN1Cc1csc2ccccc12. The Morgan fingerprint density at radius 3 is 3.11 bits per heavy atom. The average Bonchev–Trinajstić information content (AvgIpc) is 2.97. The van der Waals surface area contributed by atoms with Gasteiger partial charge in [0.1, 0.15) is 0 Å². The molecule has 1 aliphatic rings. The number of fused-ring (bicyclic) bond motifs is 1. The molecule has 1 unspecified atom stereocenters. The summed E-state index contributed by atoms with van der Waals surface area (Å²) < 4.78 is 1.31. The summed E-state index contributed by atoms with van der Waals surface area (Å²) in [6.07, 6.45) is 1.97. The van der Waals surface area contributed by atoms with Crippen molar-refractivity contribution in [2.45, 2.75) is 25.4 Å². The quantitative estimate of drug-likeness (QED) is 0.920. The van der Waals surface area contributed by atoms with Crippen LogP contribution >= 0.6 is 11.3 Å². The molecule has 1 aromatic carbocycles. The van der Waals surface area contributed by atoms with E-state index in [2.05, 4.69) is 34.5 Å². The van der Waals surface area contributed by atoms with Crippen molar-refractivity contribution in [3.05, 3.63) is 35.2 Å². The Hall–Kier alpha value is -1.39. The number of nitrogens with zero attached hydrogens (tertiary/aromatic N) is 1. The number of hydrogen-bond acceptors (Lipinski definition) is 3. The normalized spacial score (nSPS) is 20.6. The molecule has 1 saturated heterocycles. The van der Waals surface area contributed by atoms with E-state index in [1.165, 1.54) is 15.6 Å². The Labute approximate surface area is 110 Å². The molecule has 1 aliphatic heterocycles. The molecule has 2 aromatic rings. The van der Waals surface area contributed by atoms with E-state index in [1.807, 2.05) is 0 Å². The van der Waals surface area contributed by atoms with Crippen molar-refractivity contribution < 1.29 is 4.79 Å². The number of benzene rings is 1. The zero-order valence-electron chi connectivity index (χ0n) is 10.1. The first-order valence-electron chi connectivity index (χ1n) is 6.24. The molecule has 18 heavy (non-hydrogen) atoms. The highest BCUT2D eigenvalue weighted by Gasteiger charge is 2.29. The van der Waals surface area contributed by atoms with Gasteiger partial charge in [-0.05, 0) is 41.8 Å². The maximum absolute atomic E-state index is 11.4. The molecule has 3 nitrogen and oxygen atoms in total. The zero-order chi connectivity index (χ0) is 12.5. The van der Waals surface area contributed by atoms with Gasteiger partial charge in [-0.1, -0.05) is 18.2 Å². The summed E-state index contributed by atoms with van der Waals surface area (Å²) in [5, 5.41) is 3.50. The van der Waals surface area contributed by atoms with E-state index in [1.54, 1.807) is 11.3 Å². The van der Waals surface area contributed by atoms with Gasteiger partial charge in [0.05, 0.1) is 6.04 Å². The summed E-state index contributed by atoms with van der Waals surface area (Å²) in [6, 6.07) is 8.33. The van der Waals surface area contributed by atoms with Gasteiger partial charge in [0.2, 0.25) is 5.91 Å². The molecule has 0 aliphatic carbocycles. The molecular formula is C14H16N2OS. The van der Waals surface area contributed by atoms with Crippen molar-refractivity contribution in [3.63, 3.8) is 0 Å². The Bertz CT molecular complexity index is 578. The Morgan fingerprint density at radius 2 is 2.28 bits per heavy atom. The van der Waals surface area contributed by atoms with E-state index in [0.717, 1.165) is 25.9 Å². The van der Waals surface area contributed by atoms with Crippen LogP contribution < -0.4 is 5.73 Å². The number of carbonyl (C=O) groups is 1. The summed E-state index contributed by atoms with van der Waals surface area (Å²) in [5.74, 6) is -0.188. The predicted molar refractivity (Wildman–Crippen MR) is 74.5 cm³/mol. The fourth-order valence-electron chi connectivity index (χ4n) is 2.71. The fraction of sp³-hybridized carbons (Fsp3) is 0.357. The molecule has 2 N–H and O–H groups in total. The minimum atomic E-state index is -0.188. The highest BCUT2D eigenvalue weighted by atomic mass is 32.1. The van der Waals surface area contributed by atoms with Gasteiger partial charge >= 0.3 is 0 Å². The molecule has 1 aromatic heterocycles. The van der Waals surface area contributed by atoms with Crippen LogP contribution in [0.1, 0.15) is 18.4 Å². The van der Waals surface area contributed by atoms with Crippen LogP contribution in [0, 0.1) is 0 Å². The van der Waals surface area contributed by atoms with Gasteiger partial charge in [0, 0.05) is 11.2 Å². The van der Waals surface area contributed by atoms with E-state index in [4.69, 9.17) is 5.73 Å². The smallest absolute Gasteiger partial charge is 0.234 e. The van der Waals surface area contributed by atoms with Crippen LogP contribution in [0.5, 0.6) is 0 Å². The second-order valence-corrected chi connectivity index (χ2v) is 5.70. The molecule has 0 spiro atoms. The Balaban J connectivity index is 1.86. The number of carbonyl (C=O) groups excluding carboxylic acids is 1. The highest BCUT2D eigenvalue weighted by molar-refractivity contribution is 7.17. The summed E-state index contributed by atoms with van der Waals surface area (Å²) in [5.41, 5.74) is 6.76. The zero-order valence-corrected chi connectivity index (χ0v) is 11.0. The van der Waals surface area contributed by atoms with Crippen LogP contribution in [0.3, 0.4) is 0 Å². The molecule has 3 rings (SSSR count). The number of likely N-dealkylation sites (tertiary alicyclic amines) is 1. The molecule has 94 valence electrons. The topological polar surface area (TPSA) is 46.3 Å². The summed E-state index contributed by atoms with van der Waals surface area (Å²) >= 11 is 1.76. The van der Waals surface area contributed by atoms with E-state index in [0.29, 0.717) is 0 Å². The number of nitrogens with two attached hydrogens (primary N) is 1. The second-order valence-electron chi connectivity index (χ2n) is 4.79. The summed E-state index contributed by atoms with van der Waals surface area (Å²) in [4.78, 5) is 13.6. The molecule has 1 fully saturated rings. The van der Waals surface area contributed by atoms with E-state index in [-0.39, 0.29) is 11.9 Å². The maximum Gasteiger partial charge on any atom is 0.234 e. The van der Waals surface area contributed by atoms with Crippen molar-refractivity contribution in [2.24, 2.45) is 5.73 Å². The van der Waals surface area contributed by atoms with E-state index in [9.17, 15) is 4.79 Å². The van der Waals surface area contributed by atoms with Crippen LogP contribution in [0.4, 0.5) is 0 Å². The van der Waals surface area contributed by atoms with E-state index < -0.39 is 0 Å². The molecule has 0 saturated carbocycles. The number of thiophene rings is 1. The Morgan fingerprint density at radius 1 is 1.44 bits per heavy atom. The summed E-state index contributed by atoms with van der Waals surface area (Å²) in [7, 11) is 0. The number of amides is 1. The second kappa shape index (κ2) is 4.71. The van der Waals surface area contributed by atoms with Gasteiger partial charge in [0.15, 0.2) is 0 Å². The first-order chi connectivity index (χ1) is 8.75. The monoisotopic (exact) mass is 260 g/mol. The summed E-state index contributed by atoms with van der Waals surface area (Å²) in [6.45, 7) is 1.80. The minimum Gasteiger partial charge on any atom is -0.368 e. The van der Waals surface area contributed by atoms with Crippen molar-refractivity contribution in [3.8, 4) is 0 Å². The first kappa shape index (κ1) is 11.7. The van der Waals surface area contributed by atoms with Crippen molar-refractivity contribution >= 4 is 27.3 Å². The molecule has 0 radical (unpaired) electrons. The molecule has 1 amide bonds. The van der Waals surface area contributed by atoms with Crippen molar-refractivity contribution in [1.29, 1.82) is 0 Å². The molecular weight excluding hydrogens is 244 g/mol. The lowest BCUT2D eigenvalue weighted by atomic mass is 10.1. The predicted octanol–water partition coefficient (Wildman–Crippen LogP) is 2.35. The van der Waals surface area contributed by atoms with Crippen LogP contribution in [0.15, 0.2) is 29.6 Å². The molecule has 2 heterocycles. The average molecular weight is 260 g/mol. The lowest BCUT2D eigenvalue weighted by Crippen LogP contribution is -2.39. The standard InChI is InChI=1S/C14H16N2OS/c15-14(17)12-5-3-7-16(12)8-10-9-18-13-6-2-1-4-11(10)13/h1-2,4,6,9,12H,3,5,7-8H2,(H2,15,17). The van der Waals surface area contributed by atoms with Gasteiger partial charge in [0.25, 0.3) is 0 Å². The third-order valence-corrected chi connectivity index (χ3v) is 4.64. The van der Waals surface area contributed by atoms with Crippen LogP contribution in [0.25, 0.3) is 10.1 Å². The van der Waals surface area contributed by atoms with Gasteiger partial charge in [-0.3, -0.25) is 9.69 Å². The van der Waals surface area contributed by atoms with Gasteiger partial charge in [-0.2, -0.15) is 0 Å². The van der Waals surface area contributed by atoms with Crippen LogP contribution in [-0.2, 0) is 11.3 Å². The number of rotatable bonds is 3. The number of primary amides is 1. The van der Waals surface area contributed by atoms with Crippen molar-refractivity contribution in [1.82, 2.24) is 4.90 Å². The Kier molecular flexibility index (Phi) is 3.06. The van der Waals surface area contributed by atoms with E-state index >= 15 is 0 Å². The maximum atomic E-state index is 11.4. The fourth-order valence-corrected chi connectivity index (χ4v) is 3.67. The minimum absolute atomic E-state index is 0.0799. The largest absolute Gasteiger partial charge is 0.368 e. The van der Waals surface area contributed by atoms with Crippen LogP contribution in [0.2, 0.25) is 0 Å². The molecule has 4 heteroatoms. The van der Waals surface area contributed by atoms with Gasteiger partial charge < -0.3 is 5.73 Å². The van der Waals surface area contributed by atoms with Gasteiger partial charge in [-0.15, -0.1) is 11.3 Å².